The molecule has 0 atom stereocenters. The molecule has 0 bridgehead atoms. The predicted molar refractivity (Wildman–Crippen MR) is 84.6 cm³/mol. The van der Waals surface area contributed by atoms with Gasteiger partial charge >= 0.3 is 5.97 Å². The third-order valence-electron chi connectivity index (χ3n) is 3.03. The number of thiophene rings is 1. The van der Waals surface area contributed by atoms with E-state index in [-0.39, 0.29) is 0 Å². The molecular formula is C16H11ClO3S. The fourth-order valence-electron chi connectivity index (χ4n) is 2.07. The van der Waals surface area contributed by atoms with Crippen LogP contribution in [0, 0.1) is 0 Å². The van der Waals surface area contributed by atoms with Crippen LogP contribution in [0.25, 0.3) is 10.1 Å². The lowest BCUT2D eigenvalue weighted by Crippen LogP contribution is -1.95. The van der Waals surface area contributed by atoms with Crippen molar-refractivity contribution in [3.8, 4) is 5.75 Å². The summed E-state index contributed by atoms with van der Waals surface area (Å²) in [6.45, 7) is 0.363. The van der Waals surface area contributed by atoms with Crippen LogP contribution in [0.4, 0.5) is 0 Å². The topological polar surface area (TPSA) is 46.5 Å². The number of fused-ring (bicyclic) bond motifs is 1. The summed E-state index contributed by atoms with van der Waals surface area (Å²) in [6, 6.07) is 14.5. The van der Waals surface area contributed by atoms with E-state index in [1.165, 1.54) is 11.3 Å². The molecule has 0 saturated heterocycles. The van der Waals surface area contributed by atoms with Crippen molar-refractivity contribution < 1.29 is 14.6 Å². The highest BCUT2D eigenvalue weighted by Crippen LogP contribution is 2.31. The van der Waals surface area contributed by atoms with E-state index in [1.54, 1.807) is 24.3 Å². The first-order chi connectivity index (χ1) is 10.1. The summed E-state index contributed by atoms with van der Waals surface area (Å²) in [6.07, 6.45) is 0. The number of carboxylic acids is 1. The van der Waals surface area contributed by atoms with Crippen LogP contribution >= 0.6 is 22.9 Å². The Morgan fingerprint density at radius 2 is 2.00 bits per heavy atom. The van der Waals surface area contributed by atoms with Crippen LogP contribution in [0.2, 0.25) is 5.02 Å². The van der Waals surface area contributed by atoms with E-state index in [2.05, 4.69) is 0 Å². The summed E-state index contributed by atoms with van der Waals surface area (Å²) in [4.78, 5) is 12.2. The van der Waals surface area contributed by atoms with E-state index in [0.29, 0.717) is 22.9 Å². The Kier molecular flexibility index (Phi) is 3.82. The lowest BCUT2D eigenvalue weighted by Gasteiger charge is -2.05. The van der Waals surface area contributed by atoms with Gasteiger partial charge in [-0.1, -0.05) is 35.9 Å². The van der Waals surface area contributed by atoms with E-state index in [4.69, 9.17) is 16.3 Å². The summed E-state index contributed by atoms with van der Waals surface area (Å²) >= 11 is 7.47. The van der Waals surface area contributed by atoms with Crippen molar-refractivity contribution in [1.82, 2.24) is 0 Å². The van der Waals surface area contributed by atoms with Gasteiger partial charge in [-0.25, -0.2) is 4.79 Å². The molecule has 0 aliphatic carbocycles. The van der Waals surface area contributed by atoms with Gasteiger partial charge < -0.3 is 9.84 Å². The Balaban J connectivity index is 1.87. The minimum absolute atomic E-state index is 0.321. The third kappa shape index (κ3) is 2.86. The lowest BCUT2D eigenvalue weighted by atomic mass is 10.1. The highest BCUT2D eigenvalue weighted by molar-refractivity contribution is 7.19. The highest BCUT2D eigenvalue weighted by atomic mass is 35.5. The molecular weight excluding hydrogens is 308 g/mol. The van der Waals surface area contributed by atoms with E-state index >= 15 is 0 Å². The number of benzene rings is 2. The number of halogens is 1. The van der Waals surface area contributed by atoms with Gasteiger partial charge in [0.25, 0.3) is 0 Å². The van der Waals surface area contributed by atoms with Crippen LogP contribution in [0.1, 0.15) is 15.2 Å². The second-order valence-electron chi connectivity index (χ2n) is 4.46. The Bertz CT molecular complexity index is 810. The zero-order valence-electron chi connectivity index (χ0n) is 10.9. The molecule has 2 aromatic carbocycles. The summed E-state index contributed by atoms with van der Waals surface area (Å²) in [5.74, 6) is -0.295. The van der Waals surface area contributed by atoms with Crippen LogP contribution in [0.15, 0.2) is 48.5 Å². The van der Waals surface area contributed by atoms with Crippen LogP contribution < -0.4 is 4.74 Å². The summed E-state index contributed by atoms with van der Waals surface area (Å²) in [5.41, 5.74) is 0.321. The maximum Gasteiger partial charge on any atom is 0.337 e. The molecule has 0 aliphatic rings. The molecule has 0 amide bonds. The standard InChI is InChI=1S/C16H11ClO3S/c17-13-6-1-2-7-14(13)20-9-11-8-10-4-3-5-12(16(18)19)15(10)21-11/h1-8H,9H2,(H,18,19). The maximum absolute atomic E-state index is 11.2. The zero-order chi connectivity index (χ0) is 14.8. The van der Waals surface area contributed by atoms with Crippen molar-refractivity contribution in [2.24, 2.45) is 0 Å². The summed E-state index contributed by atoms with van der Waals surface area (Å²) in [7, 11) is 0. The van der Waals surface area contributed by atoms with Crippen molar-refractivity contribution in [2.45, 2.75) is 6.61 Å². The van der Waals surface area contributed by atoms with Gasteiger partial charge in [-0.15, -0.1) is 11.3 Å². The second-order valence-corrected chi connectivity index (χ2v) is 6.00. The minimum atomic E-state index is -0.916. The first-order valence-electron chi connectivity index (χ1n) is 6.27. The molecule has 0 spiro atoms. The molecule has 0 aliphatic heterocycles. The van der Waals surface area contributed by atoms with Gasteiger partial charge in [-0.3, -0.25) is 0 Å². The largest absolute Gasteiger partial charge is 0.487 e. The molecule has 0 unspecified atom stereocenters. The van der Waals surface area contributed by atoms with Crippen LogP contribution in [-0.2, 0) is 6.61 Å². The number of aromatic carboxylic acids is 1. The predicted octanol–water partition coefficient (Wildman–Crippen LogP) is 4.83. The average molecular weight is 319 g/mol. The number of rotatable bonds is 4. The SMILES string of the molecule is O=C(O)c1cccc2cc(COc3ccccc3Cl)sc12. The Morgan fingerprint density at radius 3 is 2.76 bits per heavy atom. The molecule has 0 fully saturated rings. The van der Waals surface area contributed by atoms with Gasteiger partial charge in [-0.05, 0) is 29.7 Å². The summed E-state index contributed by atoms with van der Waals surface area (Å²) in [5, 5.41) is 10.7. The Hall–Kier alpha value is -2.04. The molecule has 106 valence electrons. The Labute approximate surface area is 130 Å². The molecule has 5 heteroatoms. The van der Waals surface area contributed by atoms with Gasteiger partial charge in [0.15, 0.2) is 0 Å². The number of hydrogen-bond acceptors (Lipinski definition) is 3. The molecule has 1 N–H and O–H groups in total. The fourth-order valence-corrected chi connectivity index (χ4v) is 3.33. The van der Waals surface area contributed by atoms with Crippen molar-refractivity contribution in [3.05, 3.63) is 64.0 Å². The summed E-state index contributed by atoms with van der Waals surface area (Å²) < 4.78 is 6.45. The first-order valence-corrected chi connectivity index (χ1v) is 7.46. The number of hydrogen-bond donors (Lipinski definition) is 1. The van der Waals surface area contributed by atoms with Gasteiger partial charge in [0.2, 0.25) is 0 Å². The maximum atomic E-state index is 11.2. The minimum Gasteiger partial charge on any atom is -0.487 e. The molecule has 1 heterocycles. The van der Waals surface area contributed by atoms with Gasteiger partial charge in [0.1, 0.15) is 12.4 Å². The monoisotopic (exact) mass is 318 g/mol. The van der Waals surface area contributed by atoms with Crippen LogP contribution in [-0.4, -0.2) is 11.1 Å². The lowest BCUT2D eigenvalue weighted by molar-refractivity contribution is 0.0699. The number of ether oxygens (including phenoxy) is 1. The van der Waals surface area contributed by atoms with Crippen LogP contribution in [0.3, 0.4) is 0 Å². The van der Waals surface area contributed by atoms with Crippen molar-refractivity contribution >= 4 is 39.0 Å². The van der Waals surface area contributed by atoms with Crippen molar-refractivity contribution in [2.75, 3.05) is 0 Å². The number of carbonyl (C=O) groups is 1. The molecule has 21 heavy (non-hydrogen) atoms. The molecule has 1 aromatic heterocycles. The number of carboxylic acid groups (broad SMARTS) is 1. The first kappa shape index (κ1) is 13.9. The fraction of sp³-hybridized carbons (Fsp3) is 0.0625. The van der Waals surface area contributed by atoms with Crippen molar-refractivity contribution in [3.63, 3.8) is 0 Å². The smallest absolute Gasteiger partial charge is 0.337 e. The Morgan fingerprint density at radius 1 is 1.19 bits per heavy atom. The van der Waals surface area contributed by atoms with Gasteiger partial charge in [0, 0.05) is 9.58 Å². The third-order valence-corrected chi connectivity index (χ3v) is 4.50. The zero-order valence-corrected chi connectivity index (χ0v) is 12.4. The van der Waals surface area contributed by atoms with Gasteiger partial charge in [0.05, 0.1) is 10.6 Å². The van der Waals surface area contributed by atoms with Gasteiger partial charge in [-0.2, -0.15) is 0 Å². The molecule has 0 saturated carbocycles. The van der Waals surface area contributed by atoms with E-state index < -0.39 is 5.97 Å². The quantitative estimate of drug-likeness (QED) is 0.749. The van der Waals surface area contributed by atoms with E-state index in [0.717, 1.165) is 15.0 Å². The van der Waals surface area contributed by atoms with E-state index in [9.17, 15) is 9.90 Å². The second kappa shape index (κ2) is 5.76. The normalized spacial score (nSPS) is 10.7. The molecule has 3 aromatic rings. The van der Waals surface area contributed by atoms with E-state index in [1.807, 2.05) is 24.3 Å². The molecule has 3 rings (SSSR count). The number of para-hydroxylation sites is 1. The molecule has 0 radical (unpaired) electrons. The highest BCUT2D eigenvalue weighted by Gasteiger charge is 2.12. The van der Waals surface area contributed by atoms with Crippen molar-refractivity contribution in [1.29, 1.82) is 0 Å². The molecule has 3 nitrogen and oxygen atoms in total. The average Bonchev–Trinajstić information content (AvgIpc) is 2.88. The van der Waals surface area contributed by atoms with Crippen LogP contribution in [0.5, 0.6) is 5.75 Å².